The van der Waals surface area contributed by atoms with Crippen LogP contribution in [0, 0.1) is 13.8 Å². The number of hydrogen-bond acceptors (Lipinski definition) is 5. The lowest BCUT2D eigenvalue weighted by atomic mass is 10.0. The van der Waals surface area contributed by atoms with Gasteiger partial charge >= 0.3 is 0 Å². The van der Waals surface area contributed by atoms with Crippen molar-refractivity contribution in [1.29, 1.82) is 0 Å². The van der Waals surface area contributed by atoms with Crippen LogP contribution in [0.3, 0.4) is 0 Å². The van der Waals surface area contributed by atoms with E-state index in [-0.39, 0.29) is 11.4 Å². The van der Waals surface area contributed by atoms with Crippen molar-refractivity contribution in [3.8, 4) is 0 Å². The van der Waals surface area contributed by atoms with Crippen molar-refractivity contribution < 1.29 is 4.79 Å². The van der Waals surface area contributed by atoms with E-state index in [2.05, 4.69) is 32.3 Å². The molecule has 30 heavy (non-hydrogen) atoms. The van der Waals surface area contributed by atoms with Crippen LogP contribution in [-0.4, -0.2) is 27.4 Å². The van der Waals surface area contributed by atoms with E-state index in [0.29, 0.717) is 5.56 Å². The number of rotatable bonds is 4. The molecule has 0 unspecified atom stereocenters. The minimum atomic E-state index is -0.342. The number of anilines is 2. The molecule has 1 fully saturated rings. The Balaban J connectivity index is 1.41. The Morgan fingerprint density at radius 3 is 2.57 bits per heavy atom. The summed E-state index contributed by atoms with van der Waals surface area (Å²) >= 11 is 0. The van der Waals surface area contributed by atoms with Gasteiger partial charge in [-0.1, -0.05) is 17.7 Å². The maximum atomic E-state index is 12.8. The highest BCUT2D eigenvalue weighted by molar-refractivity contribution is 5.95. The van der Waals surface area contributed by atoms with E-state index in [0.717, 1.165) is 66.5 Å². The van der Waals surface area contributed by atoms with Gasteiger partial charge in [0.05, 0.1) is 22.6 Å². The minimum absolute atomic E-state index is 0.0369. The Bertz CT molecular complexity index is 1100. The predicted octanol–water partition coefficient (Wildman–Crippen LogP) is 3.99. The van der Waals surface area contributed by atoms with Crippen LogP contribution in [0.5, 0.6) is 0 Å². The third-order valence-corrected chi connectivity index (χ3v) is 5.98. The van der Waals surface area contributed by atoms with E-state index in [1.54, 1.807) is 6.20 Å². The largest absolute Gasteiger partial charge is 0.341 e. The number of amides is 1. The monoisotopic (exact) mass is 399 g/mol. The van der Waals surface area contributed by atoms with E-state index in [1.165, 1.54) is 0 Å². The van der Waals surface area contributed by atoms with E-state index in [9.17, 15) is 4.79 Å². The van der Waals surface area contributed by atoms with Crippen LogP contribution in [0.4, 0.5) is 11.5 Å². The summed E-state index contributed by atoms with van der Waals surface area (Å²) < 4.78 is 0. The molecule has 152 valence electrons. The topological polar surface area (TPSA) is 71.0 Å². The van der Waals surface area contributed by atoms with Gasteiger partial charge in [-0.3, -0.25) is 9.78 Å². The van der Waals surface area contributed by atoms with Gasteiger partial charge in [-0.15, -0.1) is 0 Å². The zero-order valence-corrected chi connectivity index (χ0v) is 17.4. The third-order valence-electron chi connectivity index (χ3n) is 5.98. The zero-order valence-electron chi connectivity index (χ0n) is 17.4. The third kappa shape index (κ3) is 3.43. The van der Waals surface area contributed by atoms with Gasteiger partial charge < -0.3 is 10.2 Å². The summed E-state index contributed by atoms with van der Waals surface area (Å²) in [6.45, 7) is 4.84. The van der Waals surface area contributed by atoms with Gasteiger partial charge in [-0.05, 0) is 69.9 Å². The quantitative estimate of drug-likeness (QED) is 0.718. The summed E-state index contributed by atoms with van der Waals surface area (Å²) in [5, 5.41) is 3.24. The number of aryl methyl sites for hydroxylation is 3. The summed E-state index contributed by atoms with van der Waals surface area (Å²) in [4.78, 5) is 28.8. The van der Waals surface area contributed by atoms with E-state index in [4.69, 9.17) is 4.98 Å². The molecule has 0 saturated heterocycles. The van der Waals surface area contributed by atoms with Crippen molar-refractivity contribution in [1.82, 2.24) is 20.3 Å². The van der Waals surface area contributed by atoms with E-state index in [1.807, 2.05) is 44.2 Å². The smallest absolute Gasteiger partial charge is 0.252 e. The Labute approximate surface area is 176 Å². The fraction of sp³-hybridized carbons (Fsp3) is 0.333. The fourth-order valence-corrected chi connectivity index (χ4v) is 4.11. The van der Waals surface area contributed by atoms with Crippen LogP contribution < -0.4 is 10.2 Å². The molecule has 1 saturated carbocycles. The molecule has 1 aliphatic heterocycles. The zero-order chi connectivity index (χ0) is 20.7. The van der Waals surface area contributed by atoms with Gasteiger partial charge in [-0.2, -0.15) is 0 Å². The molecule has 3 heterocycles. The number of nitrogens with one attached hydrogen (secondary N) is 1. The van der Waals surface area contributed by atoms with Crippen molar-refractivity contribution in [2.24, 2.45) is 0 Å². The van der Waals surface area contributed by atoms with Gasteiger partial charge in [0.15, 0.2) is 0 Å². The number of hydrogen-bond donors (Lipinski definition) is 1. The molecule has 1 amide bonds. The van der Waals surface area contributed by atoms with Crippen LogP contribution in [-0.2, 0) is 12.0 Å². The van der Waals surface area contributed by atoms with Crippen LogP contribution in [0.2, 0.25) is 0 Å². The average molecular weight is 399 g/mol. The van der Waals surface area contributed by atoms with Crippen molar-refractivity contribution in [3.63, 3.8) is 0 Å². The molecule has 1 N–H and O–H groups in total. The van der Waals surface area contributed by atoms with Crippen molar-refractivity contribution >= 4 is 17.4 Å². The summed E-state index contributed by atoms with van der Waals surface area (Å²) in [6.07, 6.45) is 5.60. The second-order valence-corrected chi connectivity index (χ2v) is 8.28. The number of nitrogens with zero attached hydrogens (tertiary/aromatic N) is 4. The lowest BCUT2D eigenvalue weighted by Gasteiger charge is -2.30. The molecule has 0 spiro atoms. The highest BCUT2D eigenvalue weighted by Crippen LogP contribution is 2.46. The predicted molar refractivity (Wildman–Crippen MR) is 116 cm³/mol. The Hall–Kier alpha value is -3.28. The molecule has 1 aliphatic carbocycles. The molecule has 5 rings (SSSR count). The molecule has 2 aromatic heterocycles. The number of aromatic nitrogens is 3. The highest BCUT2D eigenvalue weighted by Gasteiger charge is 2.47. The lowest BCUT2D eigenvalue weighted by molar-refractivity contribution is 0.0929. The van der Waals surface area contributed by atoms with Gasteiger partial charge in [0.2, 0.25) is 0 Å². The second kappa shape index (κ2) is 7.20. The molecular formula is C24H25N5O. The van der Waals surface area contributed by atoms with Crippen LogP contribution in [0.25, 0.3) is 0 Å². The number of benzene rings is 1. The van der Waals surface area contributed by atoms with Gasteiger partial charge in [0.1, 0.15) is 11.6 Å². The molecule has 2 aliphatic rings. The summed E-state index contributed by atoms with van der Waals surface area (Å²) in [6, 6.07) is 13.8. The first-order chi connectivity index (χ1) is 14.5. The summed E-state index contributed by atoms with van der Waals surface area (Å²) in [5.74, 6) is 1.64. The average Bonchev–Trinajstić information content (AvgIpc) is 3.54. The fourth-order valence-electron chi connectivity index (χ4n) is 4.11. The Morgan fingerprint density at radius 2 is 1.83 bits per heavy atom. The molecule has 0 bridgehead atoms. The Kier molecular flexibility index (Phi) is 4.50. The van der Waals surface area contributed by atoms with Crippen LogP contribution >= 0.6 is 0 Å². The first-order valence-electron chi connectivity index (χ1n) is 10.5. The molecule has 3 aromatic rings. The minimum Gasteiger partial charge on any atom is -0.341 e. The van der Waals surface area contributed by atoms with Gasteiger partial charge in [-0.25, -0.2) is 9.97 Å². The molecule has 6 heteroatoms. The normalized spacial score (nSPS) is 16.7. The standard InChI is InChI=1S/C24H25N5O/c1-16-5-7-18(8-6-16)23(30)28-24(12-13-24)21-10-9-20-19(27-21)4-3-15-29(20)22-11-14-25-17(2)26-22/h5-11,14H,3-4,12-13,15H2,1-2H3,(H,28,30). The molecule has 0 atom stereocenters. The second-order valence-electron chi connectivity index (χ2n) is 8.28. The van der Waals surface area contributed by atoms with Crippen molar-refractivity contribution in [3.05, 3.63) is 77.0 Å². The van der Waals surface area contributed by atoms with Crippen LogP contribution in [0.1, 0.15) is 52.4 Å². The number of carbonyl (C=O) groups is 1. The molecule has 1 aromatic carbocycles. The first kappa shape index (κ1) is 18.7. The highest BCUT2D eigenvalue weighted by atomic mass is 16.1. The van der Waals surface area contributed by atoms with E-state index < -0.39 is 0 Å². The number of pyridine rings is 1. The van der Waals surface area contributed by atoms with Gasteiger partial charge in [0, 0.05) is 18.3 Å². The summed E-state index contributed by atoms with van der Waals surface area (Å²) in [7, 11) is 0. The number of fused-ring (bicyclic) bond motifs is 1. The van der Waals surface area contributed by atoms with Crippen molar-refractivity contribution in [2.45, 2.75) is 45.1 Å². The van der Waals surface area contributed by atoms with Crippen LogP contribution in [0.15, 0.2) is 48.7 Å². The molecular weight excluding hydrogens is 374 g/mol. The number of carbonyl (C=O) groups excluding carboxylic acids is 1. The summed E-state index contributed by atoms with van der Waals surface area (Å²) in [5.41, 5.74) is 4.63. The maximum Gasteiger partial charge on any atom is 0.252 e. The first-order valence-corrected chi connectivity index (χ1v) is 10.5. The Morgan fingerprint density at radius 1 is 1.03 bits per heavy atom. The van der Waals surface area contributed by atoms with Gasteiger partial charge in [0.25, 0.3) is 5.91 Å². The molecule has 6 nitrogen and oxygen atoms in total. The molecule has 0 radical (unpaired) electrons. The SMILES string of the molecule is Cc1ccc(C(=O)NC2(c3ccc4c(n3)CCCN4c3ccnc(C)n3)CC2)cc1. The maximum absolute atomic E-state index is 12.8. The van der Waals surface area contributed by atoms with E-state index >= 15 is 0 Å². The lowest BCUT2D eigenvalue weighted by Crippen LogP contribution is -2.36. The van der Waals surface area contributed by atoms with Crippen molar-refractivity contribution in [2.75, 3.05) is 11.4 Å².